The minimum absolute atomic E-state index is 0.0926. The lowest BCUT2D eigenvalue weighted by Gasteiger charge is -2.23. The van der Waals surface area contributed by atoms with Crippen molar-refractivity contribution in [2.75, 3.05) is 5.73 Å². The first-order chi connectivity index (χ1) is 9.86. The third kappa shape index (κ3) is 2.45. The molecule has 0 aliphatic carbocycles. The molecular weight excluding hydrogens is 288 g/mol. The quantitative estimate of drug-likeness (QED) is 0.824. The number of aryl methyl sites for hydroxylation is 1. The topological polar surface area (TPSA) is 56.7 Å². The van der Waals surface area contributed by atoms with Crippen molar-refractivity contribution in [2.24, 2.45) is 0 Å². The van der Waals surface area contributed by atoms with Crippen molar-refractivity contribution >= 4 is 5.95 Å². The van der Waals surface area contributed by atoms with Gasteiger partial charge in [0.2, 0.25) is 5.95 Å². The van der Waals surface area contributed by atoms with Gasteiger partial charge in [-0.1, -0.05) is 6.07 Å². The Kier molecular flexibility index (Phi) is 3.11. The summed E-state index contributed by atoms with van der Waals surface area (Å²) < 4.78 is 53.4. The fraction of sp³-hybridized carbons (Fsp3) is 0.385. The van der Waals surface area contributed by atoms with Gasteiger partial charge in [0.15, 0.2) is 0 Å². The minimum Gasteiger partial charge on any atom is -0.366 e. The first-order valence-corrected chi connectivity index (χ1v) is 6.43. The number of nitrogen functional groups attached to an aromatic ring is 1. The first-order valence-electron chi connectivity index (χ1n) is 6.43. The maximum atomic E-state index is 13.4. The predicted octanol–water partition coefficient (Wildman–Crippen LogP) is 2.94. The highest BCUT2D eigenvalue weighted by Crippen LogP contribution is 2.37. The van der Waals surface area contributed by atoms with Crippen molar-refractivity contribution in [3.63, 3.8) is 0 Å². The molecular formula is C13H12F4N4. The maximum absolute atomic E-state index is 13.4. The molecule has 0 unspecified atom stereocenters. The standard InChI is InChI=1S/C13H12F4N4/c14-10-4-3-7(6-9(10)13(15,16)17)8-2-1-5-21-11(8)19-12(18)20-21/h3-4,6,8H,1-2,5H2,(H2,18,20)/t8-/m0/s1. The number of fused-ring (bicyclic) bond motifs is 1. The lowest BCUT2D eigenvalue weighted by molar-refractivity contribution is -0.140. The fourth-order valence-corrected chi connectivity index (χ4v) is 2.66. The molecule has 1 atom stereocenters. The third-order valence-corrected chi connectivity index (χ3v) is 3.59. The Bertz CT molecular complexity index is 677. The molecule has 0 amide bonds. The van der Waals surface area contributed by atoms with E-state index in [2.05, 4.69) is 10.1 Å². The molecule has 8 heteroatoms. The summed E-state index contributed by atoms with van der Waals surface area (Å²) in [6.07, 6.45) is -3.35. The molecule has 0 fully saturated rings. The highest BCUT2D eigenvalue weighted by molar-refractivity contribution is 5.34. The number of nitrogens with zero attached hydrogens (tertiary/aromatic N) is 3. The molecule has 0 saturated heterocycles. The number of nitrogens with two attached hydrogens (primary N) is 1. The van der Waals surface area contributed by atoms with E-state index in [4.69, 9.17) is 5.73 Å². The van der Waals surface area contributed by atoms with E-state index < -0.39 is 17.6 Å². The van der Waals surface area contributed by atoms with Gasteiger partial charge in [-0.05, 0) is 30.5 Å². The van der Waals surface area contributed by atoms with E-state index in [1.165, 1.54) is 6.07 Å². The molecule has 0 spiro atoms. The Hall–Kier alpha value is -2.12. The van der Waals surface area contributed by atoms with E-state index in [-0.39, 0.29) is 11.9 Å². The van der Waals surface area contributed by atoms with Crippen molar-refractivity contribution in [3.8, 4) is 0 Å². The molecule has 1 aromatic heterocycles. The Morgan fingerprint density at radius 3 is 2.76 bits per heavy atom. The van der Waals surface area contributed by atoms with Gasteiger partial charge >= 0.3 is 6.18 Å². The number of rotatable bonds is 1. The van der Waals surface area contributed by atoms with Crippen molar-refractivity contribution in [1.29, 1.82) is 0 Å². The van der Waals surface area contributed by atoms with Crippen LogP contribution in [0.25, 0.3) is 0 Å². The highest BCUT2D eigenvalue weighted by Gasteiger charge is 2.35. The van der Waals surface area contributed by atoms with Crippen LogP contribution in [0.2, 0.25) is 0 Å². The van der Waals surface area contributed by atoms with Crippen LogP contribution in [0.3, 0.4) is 0 Å². The van der Waals surface area contributed by atoms with E-state index in [1.54, 1.807) is 4.68 Å². The van der Waals surface area contributed by atoms with Gasteiger partial charge in [-0.25, -0.2) is 9.07 Å². The van der Waals surface area contributed by atoms with Crippen LogP contribution >= 0.6 is 0 Å². The van der Waals surface area contributed by atoms with E-state index in [1.807, 2.05) is 0 Å². The lowest BCUT2D eigenvalue weighted by atomic mass is 9.90. The minimum atomic E-state index is -4.72. The van der Waals surface area contributed by atoms with Gasteiger partial charge < -0.3 is 5.73 Å². The van der Waals surface area contributed by atoms with Crippen molar-refractivity contribution in [3.05, 3.63) is 41.0 Å². The van der Waals surface area contributed by atoms with Crippen molar-refractivity contribution in [1.82, 2.24) is 14.8 Å². The molecule has 0 bridgehead atoms. The summed E-state index contributed by atoms with van der Waals surface area (Å²) in [4.78, 5) is 4.08. The SMILES string of the molecule is Nc1nc2n(n1)CCC[C@H]2c1ccc(F)c(C(F)(F)F)c1. The van der Waals surface area contributed by atoms with Gasteiger partial charge in [-0.15, -0.1) is 5.10 Å². The molecule has 1 aliphatic heterocycles. The molecule has 112 valence electrons. The molecule has 2 aromatic rings. The molecule has 21 heavy (non-hydrogen) atoms. The highest BCUT2D eigenvalue weighted by atomic mass is 19.4. The number of benzene rings is 1. The summed E-state index contributed by atoms with van der Waals surface area (Å²) in [5.41, 5.74) is 4.65. The number of halogens is 4. The van der Waals surface area contributed by atoms with Crippen LogP contribution in [-0.4, -0.2) is 14.8 Å². The normalized spacial score (nSPS) is 18.6. The summed E-state index contributed by atoms with van der Waals surface area (Å²) >= 11 is 0. The van der Waals surface area contributed by atoms with Crippen LogP contribution in [0, 0.1) is 5.82 Å². The summed E-state index contributed by atoms with van der Waals surface area (Å²) in [5.74, 6) is -1.01. The Morgan fingerprint density at radius 1 is 1.29 bits per heavy atom. The number of aromatic nitrogens is 3. The molecule has 3 rings (SSSR count). The Morgan fingerprint density at radius 2 is 2.05 bits per heavy atom. The maximum Gasteiger partial charge on any atom is 0.419 e. The van der Waals surface area contributed by atoms with Crippen molar-refractivity contribution < 1.29 is 17.6 Å². The van der Waals surface area contributed by atoms with Crippen LogP contribution in [0.15, 0.2) is 18.2 Å². The van der Waals surface area contributed by atoms with E-state index in [0.717, 1.165) is 18.6 Å². The fourth-order valence-electron chi connectivity index (χ4n) is 2.66. The summed E-state index contributed by atoms with van der Waals surface area (Å²) in [6, 6.07) is 3.05. The van der Waals surface area contributed by atoms with E-state index >= 15 is 0 Å². The van der Waals surface area contributed by atoms with Crippen LogP contribution < -0.4 is 5.73 Å². The second-order valence-electron chi connectivity index (χ2n) is 4.98. The molecule has 1 aliphatic rings. The summed E-state index contributed by atoms with van der Waals surface area (Å²) in [6.45, 7) is 0.628. The molecule has 4 nitrogen and oxygen atoms in total. The number of alkyl halides is 3. The largest absolute Gasteiger partial charge is 0.419 e. The number of hydrogen-bond donors (Lipinski definition) is 1. The van der Waals surface area contributed by atoms with Gasteiger partial charge in [0.25, 0.3) is 0 Å². The molecule has 1 aromatic carbocycles. The van der Waals surface area contributed by atoms with E-state index in [9.17, 15) is 17.6 Å². The summed E-state index contributed by atoms with van der Waals surface area (Å²) in [5, 5.41) is 4.00. The van der Waals surface area contributed by atoms with Gasteiger partial charge in [0.1, 0.15) is 11.6 Å². The third-order valence-electron chi connectivity index (χ3n) is 3.59. The lowest BCUT2D eigenvalue weighted by Crippen LogP contribution is -2.19. The zero-order valence-corrected chi connectivity index (χ0v) is 10.9. The first kappa shape index (κ1) is 13.8. The monoisotopic (exact) mass is 300 g/mol. The second kappa shape index (κ2) is 4.71. The van der Waals surface area contributed by atoms with Gasteiger partial charge in [0, 0.05) is 12.5 Å². The molecule has 2 heterocycles. The zero-order chi connectivity index (χ0) is 15.2. The van der Waals surface area contributed by atoms with Crippen LogP contribution in [0.1, 0.15) is 35.7 Å². The van der Waals surface area contributed by atoms with E-state index in [0.29, 0.717) is 24.4 Å². The smallest absolute Gasteiger partial charge is 0.366 e. The van der Waals surface area contributed by atoms with Crippen LogP contribution in [0.4, 0.5) is 23.5 Å². The second-order valence-corrected chi connectivity index (χ2v) is 4.98. The van der Waals surface area contributed by atoms with Gasteiger partial charge in [0.05, 0.1) is 5.56 Å². The number of anilines is 1. The molecule has 0 radical (unpaired) electrons. The Labute approximate surface area is 117 Å². The summed E-state index contributed by atoms with van der Waals surface area (Å²) in [7, 11) is 0. The van der Waals surface area contributed by atoms with Gasteiger partial charge in [-0.3, -0.25) is 0 Å². The number of hydrogen-bond acceptors (Lipinski definition) is 3. The predicted molar refractivity (Wildman–Crippen MR) is 66.9 cm³/mol. The van der Waals surface area contributed by atoms with Crippen LogP contribution in [-0.2, 0) is 12.7 Å². The average Bonchev–Trinajstić information content (AvgIpc) is 2.78. The molecule has 2 N–H and O–H groups in total. The zero-order valence-electron chi connectivity index (χ0n) is 10.9. The average molecular weight is 300 g/mol. The van der Waals surface area contributed by atoms with Crippen LogP contribution in [0.5, 0.6) is 0 Å². The molecule has 0 saturated carbocycles. The van der Waals surface area contributed by atoms with Crippen molar-refractivity contribution in [2.45, 2.75) is 31.5 Å². The Balaban J connectivity index is 2.06. The van der Waals surface area contributed by atoms with Gasteiger partial charge in [-0.2, -0.15) is 18.2 Å².